The minimum atomic E-state index is 0.265. The summed E-state index contributed by atoms with van der Waals surface area (Å²) in [6.45, 7) is 16.0. The van der Waals surface area contributed by atoms with Crippen molar-refractivity contribution in [3.63, 3.8) is 0 Å². The zero-order valence-corrected chi connectivity index (χ0v) is 18.4. The molecule has 0 bridgehead atoms. The standard InChI is InChI=1S/C21H37N7O/c1-7-11-27(12-8-2)18(16(3)4)13-23-21(22-5)24-17-9-10-20-25-19(15-29-6)26-28(20)14-17/h7-8,16-18H,1-2,9-15H2,3-6H3,(H2,22,23,24). The molecule has 8 nitrogen and oxygen atoms in total. The quantitative estimate of drug-likeness (QED) is 0.332. The summed E-state index contributed by atoms with van der Waals surface area (Å²) in [5.74, 6) is 3.09. The molecule has 0 spiro atoms. The predicted molar refractivity (Wildman–Crippen MR) is 118 cm³/mol. The Morgan fingerprint density at radius 2 is 2.10 bits per heavy atom. The predicted octanol–water partition coefficient (Wildman–Crippen LogP) is 1.60. The fourth-order valence-corrected chi connectivity index (χ4v) is 3.72. The van der Waals surface area contributed by atoms with Gasteiger partial charge in [-0.2, -0.15) is 5.10 Å². The Kier molecular flexibility index (Phi) is 9.34. The topological polar surface area (TPSA) is 79.6 Å². The molecule has 0 fully saturated rings. The van der Waals surface area contributed by atoms with Gasteiger partial charge in [0.15, 0.2) is 11.8 Å². The highest BCUT2D eigenvalue weighted by molar-refractivity contribution is 5.80. The number of methoxy groups -OCH3 is 1. The molecular formula is C21H37N7O. The molecule has 0 aliphatic carbocycles. The van der Waals surface area contributed by atoms with Crippen LogP contribution in [0.25, 0.3) is 0 Å². The molecule has 1 aliphatic rings. The van der Waals surface area contributed by atoms with Crippen LogP contribution in [0.5, 0.6) is 0 Å². The molecule has 2 unspecified atom stereocenters. The first-order chi connectivity index (χ1) is 14.0. The number of fused-ring (bicyclic) bond motifs is 1. The normalized spacial score (nSPS) is 17.9. The van der Waals surface area contributed by atoms with Crippen LogP contribution in [0.4, 0.5) is 0 Å². The largest absolute Gasteiger partial charge is 0.377 e. The Bertz CT molecular complexity index is 673. The molecule has 0 amide bonds. The zero-order valence-electron chi connectivity index (χ0n) is 18.4. The van der Waals surface area contributed by atoms with Gasteiger partial charge in [0.2, 0.25) is 0 Å². The van der Waals surface area contributed by atoms with Crippen LogP contribution in [-0.2, 0) is 24.3 Å². The van der Waals surface area contributed by atoms with Crippen molar-refractivity contribution < 1.29 is 4.74 Å². The van der Waals surface area contributed by atoms with Gasteiger partial charge in [0.05, 0.1) is 6.54 Å². The van der Waals surface area contributed by atoms with Crippen LogP contribution in [0.1, 0.15) is 31.9 Å². The van der Waals surface area contributed by atoms with Crippen LogP contribution >= 0.6 is 0 Å². The fraction of sp³-hybridized carbons (Fsp3) is 0.667. The number of aromatic nitrogens is 3. The van der Waals surface area contributed by atoms with Gasteiger partial charge in [0.25, 0.3) is 0 Å². The number of rotatable bonds is 11. The third-order valence-electron chi connectivity index (χ3n) is 5.18. The lowest BCUT2D eigenvalue weighted by Gasteiger charge is -2.34. The summed E-state index contributed by atoms with van der Waals surface area (Å²) in [6, 6.07) is 0.621. The first-order valence-electron chi connectivity index (χ1n) is 10.4. The molecule has 2 heterocycles. The Morgan fingerprint density at radius 1 is 1.38 bits per heavy atom. The Labute approximate surface area is 175 Å². The summed E-state index contributed by atoms with van der Waals surface area (Å²) in [5.41, 5.74) is 0. The van der Waals surface area contributed by atoms with E-state index in [2.05, 4.69) is 57.6 Å². The van der Waals surface area contributed by atoms with E-state index in [9.17, 15) is 0 Å². The smallest absolute Gasteiger partial charge is 0.191 e. The van der Waals surface area contributed by atoms with Crippen LogP contribution < -0.4 is 10.6 Å². The van der Waals surface area contributed by atoms with Crippen molar-refractivity contribution >= 4 is 5.96 Å². The molecule has 2 atom stereocenters. The highest BCUT2D eigenvalue weighted by atomic mass is 16.5. The maximum absolute atomic E-state index is 5.14. The summed E-state index contributed by atoms with van der Waals surface area (Å²) in [7, 11) is 3.47. The molecule has 0 aromatic carbocycles. The van der Waals surface area contributed by atoms with Gasteiger partial charge in [-0.1, -0.05) is 26.0 Å². The Balaban J connectivity index is 1.93. The SMILES string of the molecule is C=CCN(CC=C)C(CNC(=NC)NC1CCc2nc(COC)nn2C1)C(C)C. The minimum Gasteiger partial charge on any atom is -0.377 e. The molecule has 1 aromatic rings. The first kappa shape index (κ1) is 23.1. The molecule has 0 saturated heterocycles. The summed E-state index contributed by atoms with van der Waals surface area (Å²) >= 11 is 0. The van der Waals surface area contributed by atoms with Crippen molar-refractivity contribution in [2.45, 2.75) is 51.9 Å². The van der Waals surface area contributed by atoms with E-state index in [1.54, 1.807) is 7.11 Å². The van der Waals surface area contributed by atoms with Gasteiger partial charge in [0.1, 0.15) is 12.4 Å². The average Bonchev–Trinajstić information content (AvgIpc) is 3.09. The van der Waals surface area contributed by atoms with Gasteiger partial charge in [0, 0.05) is 52.3 Å². The number of aryl methyl sites for hydroxylation is 1. The van der Waals surface area contributed by atoms with E-state index >= 15 is 0 Å². The Morgan fingerprint density at radius 3 is 2.69 bits per heavy atom. The van der Waals surface area contributed by atoms with Gasteiger partial charge >= 0.3 is 0 Å². The van der Waals surface area contributed by atoms with Gasteiger partial charge in [-0.3, -0.25) is 9.89 Å². The average molecular weight is 404 g/mol. The van der Waals surface area contributed by atoms with Gasteiger partial charge in [-0.05, 0) is 12.3 Å². The second-order valence-electron chi connectivity index (χ2n) is 7.74. The van der Waals surface area contributed by atoms with E-state index in [4.69, 9.17) is 4.74 Å². The lowest BCUT2D eigenvalue weighted by molar-refractivity contribution is 0.177. The molecule has 1 aromatic heterocycles. The summed E-state index contributed by atoms with van der Waals surface area (Å²) in [4.78, 5) is 11.3. The number of ether oxygens (including phenoxy) is 1. The zero-order chi connectivity index (χ0) is 21.2. The van der Waals surface area contributed by atoms with Crippen LogP contribution in [0.15, 0.2) is 30.3 Å². The van der Waals surface area contributed by atoms with E-state index in [-0.39, 0.29) is 6.04 Å². The maximum atomic E-state index is 5.14. The molecule has 2 N–H and O–H groups in total. The molecule has 29 heavy (non-hydrogen) atoms. The molecule has 162 valence electrons. The molecule has 1 aliphatic heterocycles. The number of guanidine groups is 1. The van der Waals surface area contributed by atoms with Crippen molar-refractivity contribution in [3.05, 3.63) is 37.0 Å². The third kappa shape index (κ3) is 6.68. The lowest BCUT2D eigenvalue weighted by atomic mass is 10.0. The maximum Gasteiger partial charge on any atom is 0.191 e. The number of aliphatic imine (C=N–C) groups is 1. The van der Waals surface area contributed by atoms with E-state index < -0.39 is 0 Å². The summed E-state index contributed by atoms with van der Waals surface area (Å²) in [6.07, 6.45) is 5.79. The van der Waals surface area contributed by atoms with E-state index in [1.165, 1.54) is 0 Å². The highest BCUT2D eigenvalue weighted by Crippen LogP contribution is 2.14. The van der Waals surface area contributed by atoms with Crippen LogP contribution in [0.3, 0.4) is 0 Å². The van der Waals surface area contributed by atoms with Crippen molar-refractivity contribution in [3.8, 4) is 0 Å². The van der Waals surface area contributed by atoms with Gasteiger partial charge < -0.3 is 15.4 Å². The van der Waals surface area contributed by atoms with Crippen LogP contribution in [-0.4, -0.2) is 71.5 Å². The second-order valence-corrected chi connectivity index (χ2v) is 7.74. The van der Waals surface area contributed by atoms with Crippen molar-refractivity contribution in [1.29, 1.82) is 0 Å². The summed E-state index contributed by atoms with van der Waals surface area (Å²) in [5, 5.41) is 11.6. The van der Waals surface area contributed by atoms with Crippen molar-refractivity contribution in [1.82, 2.24) is 30.3 Å². The van der Waals surface area contributed by atoms with Gasteiger partial charge in [-0.15, -0.1) is 13.2 Å². The van der Waals surface area contributed by atoms with Crippen molar-refractivity contribution in [2.75, 3.05) is 33.8 Å². The van der Waals surface area contributed by atoms with Crippen molar-refractivity contribution in [2.24, 2.45) is 10.9 Å². The molecule has 0 radical (unpaired) electrons. The number of nitrogens with zero attached hydrogens (tertiary/aromatic N) is 5. The number of hydrogen-bond acceptors (Lipinski definition) is 5. The lowest BCUT2D eigenvalue weighted by Crippen LogP contribution is -2.52. The molecular weight excluding hydrogens is 366 g/mol. The molecule has 8 heteroatoms. The second kappa shape index (κ2) is 11.7. The Hall–Kier alpha value is -2.19. The van der Waals surface area contributed by atoms with E-state index in [0.717, 1.165) is 56.6 Å². The molecule has 0 saturated carbocycles. The van der Waals surface area contributed by atoms with E-state index in [0.29, 0.717) is 18.6 Å². The summed E-state index contributed by atoms with van der Waals surface area (Å²) < 4.78 is 7.12. The van der Waals surface area contributed by atoms with Crippen LogP contribution in [0.2, 0.25) is 0 Å². The third-order valence-corrected chi connectivity index (χ3v) is 5.18. The monoisotopic (exact) mass is 403 g/mol. The number of hydrogen-bond donors (Lipinski definition) is 2. The van der Waals surface area contributed by atoms with Crippen LogP contribution in [0, 0.1) is 5.92 Å². The van der Waals surface area contributed by atoms with E-state index in [1.807, 2.05) is 23.9 Å². The first-order valence-corrected chi connectivity index (χ1v) is 10.4. The highest BCUT2D eigenvalue weighted by Gasteiger charge is 2.24. The molecule has 2 rings (SSSR count). The van der Waals surface area contributed by atoms with Gasteiger partial charge in [-0.25, -0.2) is 9.67 Å². The minimum absolute atomic E-state index is 0.265. The fourth-order valence-electron chi connectivity index (χ4n) is 3.72. The number of nitrogens with one attached hydrogen (secondary N) is 2.